The van der Waals surface area contributed by atoms with Crippen LogP contribution < -0.4 is 11.2 Å². The summed E-state index contributed by atoms with van der Waals surface area (Å²) in [5, 5.41) is 3.57. The van der Waals surface area contributed by atoms with Crippen LogP contribution in [-0.2, 0) is 6.54 Å². The van der Waals surface area contributed by atoms with E-state index in [1.165, 1.54) is 17.2 Å². The lowest BCUT2D eigenvalue weighted by Crippen LogP contribution is -2.31. The lowest BCUT2D eigenvalue weighted by molar-refractivity contribution is 0.407. The minimum Gasteiger partial charge on any atom is -0.343 e. The Labute approximate surface area is 83.4 Å². The van der Waals surface area contributed by atoms with Gasteiger partial charge in [0.1, 0.15) is 0 Å². The summed E-state index contributed by atoms with van der Waals surface area (Å²) in [5.74, 6) is 0.378. The SMILES string of the molecule is Cc1cn(Cc2ncon2)c(=O)[nH]c1=O. The molecule has 0 amide bonds. The van der Waals surface area contributed by atoms with Gasteiger partial charge in [0.05, 0.1) is 6.54 Å². The van der Waals surface area contributed by atoms with Crippen molar-refractivity contribution in [2.45, 2.75) is 13.5 Å². The molecule has 0 aliphatic heterocycles. The molecule has 1 N–H and O–H groups in total. The predicted molar refractivity (Wildman–Crippen MR) is 49.5 cm³/mol. The van der Waals surface area contributed by atoms with Crippen molar-refractivity contribution in [1.82, 2.24) is 19.7 Å². The Kier molecular flexibility index (Phi) is 2.20. The molecule has 2 aromatic heterocycles. The average Bonchev–Trinajstić information content (AvgIpc) is 2.67. The van der Waals surface area contributed by atoms with Gasteiger partial charge in [-0.2, -0.15) is 4.98 Å². The average molecular weight is 208 g/mol. The number of nitrogens with one attached hydrogen (secondary N) is 1. The second-order valence-electron chi connectivity index (χ2n) is 3.05. The van der Waals surface area contributed by atoms with Crippen molar-refractivity contribution in [3.63, 3.8) is 0 Å². The van der Waals surface area contributed by atoms with Crippen LogP contribution in [0.4, 0.5) is 0 Å². The van der Waals surface area contributed by atoms with E-state index in [0.717, 1.165) is 0 Å². The first kappa shape index (κ1) is 9.38. The van der Waals surface area contributed by atoms with E-state index in [-0.39, 0.29) is 12.1 Å². The molecule has 2 rings (SSSR count). The minimum absolute atomic E-state index is 0.174. The van der Waals surface area contributed by atoms with Gasteiger partial charge in [-0.05, 0) is 6.92 Å². The summed E-state index contributed by atoms with van der Waals surface area (Å²) in [6.45, 7) is 1.79. The highest BCUT2D eigenvalue weighted by Crippen LogP contribution is 1.92. The van der Waals surface area contributed by atoms with Crippen molar-refractivity contribution in [3.8, 4) is 0 Å². The molecule has 2 aromatic rings. The first-order chi connectivity index (χ1) is 7.16. The van der Waals surface area contributed by atoms with Gasteiger partial charge in [-0.15, -0.1) is 0 Å². The molecule has 78 valence electrons. The number of H-pyrrole nitrogens is 1. The molecule has 0 atom stereocenters. The van der Waals surface area contributed by atoms with E-state index in [4.69, 9.17) is 0 Å². The van der Waals surface area contributed by atoms with Crippen LogP contribution in [0.25, 0.3) is 0 Å². The summed E-state index contributed by atoms with van der Waals surface area (Å²) in [6, 6.07) is 0. The standard InChI is InChI=1S/C8H8N4O3/c1-5-2-12(8(14)10-7(5)13)3-6-9-4-15-11-6/h2,4H,3H2,1H3,(H,10,13,14). The monoisotopic (exact) mass is 208 g/mol. The highest BCUT2D eigenvalue weighted by Gasteiger charge is 2.04. The largest absolute Gasteiger partial charge is 0.343 e. The maximum atomic E-state index is 11.3. The highest BCUT2D eigenvalue weighted by molar-refractivity contribution is 5.01. The van der Waals surface area contributed by atoms with Crippen LogP contribution in [-0.4, -0.2) is 19.7 Å². The zero-order valence-corrected chi connectivity index (χ0v) is 7.93. The fourth-order valence-corrected chi connectivity index (χ4v) is 1.15. The van der Waals surface area contributed by atoms with Crippen LogP contribution in [0.3, 0.4) is 0 Å². The molecule has 0 aliphatic rings. The van der Waals surface area contributed by atoms with Crippen molar-refractivity contribution in [2.24, 2.45) is 0 Å². The third kappa shape index (κ3) is 1.85. The van der Waals surface area contributed by atoms with Gasteiger partial charge in [-0.25, -0.2) is 4.79 Å². The van der Waals surface area contributed by atoms with Crippen LogP contribution >= 0.6 is 0 Å². The van der Waals surface area contributed by atoms with Crippen LogP contribution in [0.2, 0.25) is 0 Å². The van der Waals surface area contributed by atoms with Crippen LogP contribution in [0.15, 0.2) is 26.7 Å². The Morgan fingerprint density at radius 2 is 2.33 bits per heavy atom. The summed E-state index contributed by atoms with van der Waals surface area (Å²) < 4.78 is 5.84. The van der Waals surface area contributed by atoms with Crippen LogP contribution in [0.1, 0.15) is 11.4 Å². The smallest absolute Gasteiger partial charge is 0.328 e. The van der Waals surface area contributed by atoms with Crippen LogP contribution in [0.5, 0.6) is 0 Å². The molecule has 0 spiro atoms. The van der Waals surface area contributed by atoms with Gasteiger partial charge in [0.15, 0.2) is 5.82 Å². The summed E-state index contributed by atoms with van der Waals surface area (Å²) in [7, 11) is 0. The number of nitrogens with zero attached hydrogens (tertiary/aromatic N) is 3. The van der Waals surface area contributed by atoms with Gasteiger partial charge in [-0.1, -0.05) is 5.16 Å². The van der Waals surface area contributed by atoms with Gasteiger partial charge >= 0.3 is 5.69 Å². The topological polar surface area (TPSA) is 93.8 Å². The molecular weight excluding hydrogens is 200 g/mol. The lowest BCUT2D eigenvalue weighted by Gasteiger charge is -2.01. The third-order valence-electron chi connectivity index (χ3n) is 1.91. The Morgan fingerprint density at radius 3 is 3.00 bits per heavy atom. The first-order valence-corrected chi connectivity index (χ1v) is 4.22. The zero-order valence-electron chi connectivity index (χ0n) is 7.93. The fourth-order valence-electron chi connectivity index (χ4n) is 1.15. The number of aromatic nitrogens is 4. The molecule has 0 bridgehead atoms. The number of hydrogen-bond acceptors (Lipinski definition) is 5. The number of hydrogen-bond donors (Lipinski definition) is 1. The summed E-state index contributed by atoms with van der Waals surface area (Å²) in [4.78, 5) is 28.4. The number of aryl methyl sites for hydroxylation is 1. The van der Waals surface area contributed by atoms with E-state index in [1.54, 1.807) is 6.92 Å². The Hall–Kier alpha value is -2.18. The first-order valence-electron chi connectivity index (χ1n) is 4.22. The Morgan fingerprint density at radius 1 is 1.53 bits per heavy atom. The van der Waals surface area contributed by atoms with E-state index >= 15 is 0 Å². The van der Waals surface area contributed by atoms with Crippen molar-refractivity contribution < 1.29 is 4.52 Å². The second kappa shape index (κ2) is 3.52. The highest BCUT2D eigenvalue weighted by atomic mass is 16.5. The summed E-state index contributed by atoms with van der Waals surface area (Å²) in [5.41, 5.74) is -0.419. The normalized spacial score (nSPS) is 10.5. The van der Waals surface area contributed by atoms with E-state index < -0.39 is 5.69 Å². The zero-order chi connectivity index (χ0) is 10.8. The molecule has 7 nitrogen and oxygen atoms in total. The fraction of sp³-hybridized carbons (Fsp3) is 0.250. The summed E-state index contributed by atoms with van der Waals surface area (Å²) in [6.07, 6.45) is 2.64. The van der Waals surface area contributed by atoms with E-state index in [1.807, 2.05) is 0 Å². The molecular formula is C8H8N4O3. The van der Waals surface area contributed by atoms with Crippen molar-refractivity contribution in [1.29, 1.82) is 0 Å². The molecule has 0 saturated carbocycles. The molecule has 0 unspecified atom stereocenters. The summed E-state index contributed by atoms with van der Waals surface area (Å²) >= 11 is 0. The van der Waals surface area contributed by atoms with Gasteiger partial charge < -0.3 is 4.52 Å². The number of rotatable bonds is 2. The van der Waals surface area contributed by atoms with E-state index in [0.29, 0.717) is 11.4 Å². The van der Waals surface area contributed by atoms with E-state index in [9.17, 15) is 9.59 Å². The molecule has 0 aliphatic carbocycles. The maximum absolute atomic E-state index is 11.3. The van der Waals surface area contributed by atoms with Gasteiger partial charge in [-0.3, -0.25) is 14.3 Å². The van der Waals surface area contributed by atoms with Crippen molar-refractivity contribution >= 4 is 0 Å². The minimum atomic E-state index is -0.490. The maximum Gasteiger partial charge on any atom is 0.328 e. The van der Waals surface area contributed by atoms with Gasteiger partial charge in [0.2, 0.25) is 6.39 Å². The van der Waals surface area contributed by atoms with Gasteiger partial charge in [0, 0.05) is 11.8 Å². The lowest BCUT2D eigenvalue weighted by atomic mass is 10.4. The van der Waals surface area contributed by atoms with Crippen molar-refractivity contribution in [2.75, 3.05) is 0 Å². The molecule has 15 heavy (non-hydrogen) atoms. The molecule has 7 heteroatoms. The molecule has 2 heterocycles. The molecule has 0 aromatic carbocycles. The van der Waals surface area contributed by atoms with E-state index in [2.05, 4.69) is 19.6 Å². The molecule has 0 saturated heterocycles. The Bertz CT molecular complexity index is 566. The number of aromatic amines is 1. The Balaban J connectivity index is 2.42. The third-order valence-corrected chi connectivity index (χ3v) is 1.91. The van der Waals surface area contributed by atoms with Crippen molar-refractivity contribution in [3.05, 3.63) is 44.8 Å². The van der Waals surface area contributed by atoms with Gasteiger partial charge in [0.25, 0.3) is 5.56 Å². The second-order valence-corrected chi connectivity index (χ2v) is 3.05. The molecule has 0 radical (unpaired) electrons. The molecule has 0 fully saturated rings. The quantitative estimate of drug-likeness (QED) is 0.702. The van der Waals surface area contributed by atoms with Crippen LogP contribution in [0, 0.1) is 6.92 Å². The predicted octanol–water partition coefficient (Wildman–Crippen LogP) is -0.724.